The van der Waals surface area contributed by atoms with Gasteiger partial charge in [0.25, 0.3) is 14.2 Å². The molecule has 1 saturated carbocycles. The van der Waals surface area contributed by atoms with Gasteiger partial charge in [-0.1, -0.05) is 29.8 Å². The molecular formula is C13H14ClN3O2S. The molecule has 1 fully saturated rings. The molecule has 0 spiro atoms. The normalized spacial score (nSPS) is 15.5. The molecule has 3 rings (SSSR count). The smallest absolute Gasteiger partial charge is 0.296 e. The van der Waals surface area contributed by atoms with Gasteiger partial charge >= 0.3 is 0 Å². The molecule has 0 bridgehead atoms. The van der Waals surface area contributed by atoms with Crippen LogP contribution in [0.25, 0.3) is 0 Å². The predicted molar refractivity (Wildman–Crippen MR) is 75.3 cm³/mol. The highest BCUT2D eigenvalue weighted by Gasteiger charge is 2.33. The van der Waals surface area contributed by atoms with Gasteiger partial charge < -0.3 is 0 Å². The maximum Gasteiger partial charge on any atom is 0.296 e. The summed E-state index contributed by atoms with van der Waals surface area (Å²) in [6.07, 6.45) is 2.44. The highest BCUT2D eigenvalue weighted by Crippen LogP contribution is 2.38. The third-order valence-corrected chi connectivity index (χ3v) is 4.44. The SMILES string of the molecule is Cc1cccc(Cc2nnc(S(=O)(=O)Cl)n2C2CC2)c1. The van der Waals surface area contributed by atoms with Crippen LogP contribution in [0.3, 0.4) is 0 Å². The molecule has 0 aliphatic heterocycles. The molecule has 0 N–H and O–H groups in total. The molecule has 1 aromatic heterocycles. The van der Waals surface area contributed by atoms with Crippen molar-refractivity contribution in [1.82, 2.24) is 14.8 Å². The van der Waals surface area contributed by atoms with Crippen LogP contribution in [-0.2, 0) is 15.5 Å². The number of rotatable bonds is 4. The molecule has 106 valence electrons. The number of halogens is 1. The van der Waals surface area contributed by atoms with E-state index in [9.17, 15) is 8.42 Å². The molecular weight excluding hydrogens is 298 g/mol. The molecule has 0 amide bonds. The zero-order valence-corrected chi connectivity index (χ0v) is 12.5. The zero-order valence-electron chi connectivity index (χ0n) is 11.0. The van der Waals surface area contributed by atoms with Crippen molar-refractivity contribution < 1.29 is 8.42 Å². The molecule has 0 atom stereocenters. The van der Waals surface area contributed by atoms with Gasteiger partial charge in [0, 0.05) is 23.1 Å². The summed E-state index contributed by atoms with van der Waals surface area (Å²) in [7, 11) is 1.57. The van der Waals surface area contributed by atoms with Crippen LogP contribution in [0.2, 0.25) is 0 Å². The van der Waals surface area contributed by atoms with E-state index in [-0.39, 0.29) is 11.2 Å². The van der Waals surface area contributed by atoms with E-state index in [1.165, 1.54) is 0 Å². The van der Waals surface area contributed by atoms with Crippen LogP contribution in [0.4, 0.5) is 0 Å². The quantitative estimate of drug-likeness (QED) is 0.814. The Bertz CT molecular complexity index is 751. The van der Waals surface area contributed by atoms with Crippen LogP contribution < -0.4 is 0 Å². The van der Waals surface area contributed by atoms with Crippen molar-refractivity contribution >= 4 is 19.7 Å². The Labute approximate surface area is 122 Å². The Balaban J connectivity index is 2.00. The predicted octanol–water partition coefficient (Wildman–Crippen LogP) is 2.44. The standard InChI is InChI=1S/C13H14ClN3O2S/c1-9-3-2-4-10(7-9)8-12-15-16-13(20(14,18)19)17(12)11-5-6-11/h2-4,7,11H,5-6,8H2,1H3. The molecule has 5 nitrogen and oxygen atoms in total. The lowest BCUT2D eigenvalue weighted by Gasteiger charge is -2.07. The average molecular weight is 312 g/mol. The lowest BCUT2D eigenvalue weighted by Crippen LogP contribution is -2.08. The Morgan fingerprint density at radius 1 is 1.35 bits per heavy atom. The first kappa shape index (κ1) is 13.6. The summed E-state index contributed by atoms with van der Waals surface area (Å²) in [5, 5.41) is 7.64. The summed E-state index contributed by atoms with van der Waals surface area (Å²) in [5.74, 6) is 0.650. The second-order valence-electron chi connectivity index (χ2n) is 5.10. The molecule has 1 heterocycles. The van der Waals surface area contributed by atoms with E-state index < -0.39 is 9.05 Å². The van der Waals surface area contributed by atoms with E-state index in [0.717, 1.165) is 24.0 Å². The molecule has 1 aliphatic rings. The van der Waals surface area contributed by atoms with E-state index in [2.05, 4.69) is 16.3 Å². The minimum Gasteiger partial charge on any atom is -0.297 e. The second kappa shape index (κ2) is 4.86. The Morgan fingerprint density at radius 3 is 2.70 bits per heavy atom. The number of aryl methyl sites for hydroxylation is 1. The van der Waals surface area contributed by atoms with Crippen molar-refractivity contribution in [3.63, 3.8) is 0 Å². The third-order valence-electron chi connectivity index (χ3n) is 3.31. The van der Waals surface area contributed by atoms with Gasteiger partial charge in [0.15, 0.2) is 0 Å². The van der Waals surface area contributed by atoms with Crippen molar-refractivity contribution in [2.24, 2.45) is 0 Å². The monoisotopic (exact) mass is 311 g/mol. The highest BCUT2D eigenvalue weighted by molar-refractivity contribution is 8.13. The minimum atomic E-state index is -3.86. The van der Waals surface area contributed by atoms with Gasteiger partial charge in [-0.3, -0.25) is 4.57 Å². The fraction of sp³-hybridized carbons (Fsp3) is 0.385. The first-order chi connectivity index (χ1) is 9.45. The highest BCUT2D eigenvalue weighted by atomic mass is 35.7. The maximum absolute atomic E-state index is 11.5. The molecule has 1 aromatic carbocycles. The van der Waals surface area contributed by atoms with Crippen LogP contribution in [0.15, 0.2) is 29.4 Å². The molecule has 0 unspecified atom stereocenters. The fourth-order valence-corrected chi connectivity index (χ4v) is 3.24. The first-order valence-electron chi connectivity index (χ1n) is 6.39. The summed E-state index contributed by atoms with van der Waals surface area (Å²) >= 11 is 0. The molecule has 0 saturated heterocycles. The van der Waals surface area contributed by atoms with Gasteiger partial charge in [-0.05, 0) is 25.3 Å². The maximum atomic E-state index is 11.5. The number of nitrogens with zero attached hydrogens (tertiary/aromatic N) is 3. The lowest BCUT2D eigenvalue weighted by molar-refractivity contribution is 0.571. The van der Waals surface area contributed by atoms with E-state index in [0.29, 0.717) is 12.2 Å². The van der Waals surface area contributed by atoms with Crippen LogP contribution in [0.5, 0.6) is 0 Å². The largest absolute Gasteiger partial charge is 0.297 e. The van der Waals surface area contributed by atoms with Gasteiger partial charge in [0.1, 0.15) is 5.82 Å². The fourth-order valence-electron chi connectivity index (χ4n) is 2.30. The number of aromatic nitrogens is 3. The van der Waals surface area contributed by atoms with Crippen molar-refractivity contribution in [3.8, 4) is 0 Å². The van der Waals surface area contributed by atoms with E-state index in [4.69, 9.17) is 10.7 Å². The summed E-state index contributed by atoms with van der Waals surface area (Å²) < 4.78 is 24.8. The van der Waals surface area contributed by atoms with Gasteiger partial charge in [0.2, 0.25) is 0 Å². The second-order valence-corrected chi connectivity index (χ2v) is 7.56. The minimum absolute atomic E-state index is 0.135. The molecule has 20 heavy (non-hydrogen) atoms. The Kier molecular flexibility index (Phi) is 3.30. The summed E-state index contributed by atoms with van der Waals surface area (Å²) in [6.45, 7) is 2.02. The summed E-state index contributed by atoms with van der Waals surface area (Å²) in [5.41, 5.74) is 2.24. The van der Waals surface area contributed by atoms with Crippen molar-refractivity contribution in [2.45, 2.75) is 37.4 Å². The van der Waals surface area contributed by atoms with Crippen LogP contribution in [0, 0.1) is 6.92 Å². The number of hydrogen-bond acceptors (Lipinski definition) is 4. The molecule has 7 heteroatoms. The van der Waals surface area contributed by atoms with E-state index in [1.54, 1.807) is 4.57 Å². The van der Waals surface area contributed by atoms with Crippen molar-refractivity contribution in [1.29, 1.82) is 0 Å². The first-order valence-corrected chi connectivity index (χ1v) is 8.70. The number of benzene rings is 1. The summed E-state index contributed by atoms with van der Waals surface area (Å²) in [6, 6.07) is 8.20. The summed E-state index contributed by atoms with van der Waals surface area (Å²) in [4.78, 5) is 0. The van der Waals surface area contributed by atoms with Gasteiger partial charge in [0.05, 0.1) is 0 Å². The molecule has 0 radical (unpaired) electrons. The lowest BCUT2D eigenvalue weighted by atomic mass is 10.1. The Hall–Kier alpha value is -1.40. The van der Waals surface area contributed by atoms with Gasteiger partial charge in [-0.25, -0.2) is 8.42 Å². The Morgan fingerprint density at radius 2 is 2.10 bits per heavy atom. The van der Waals surface area contributed by atoms with Crippen LogP contribution >= 0.6 is 10.7 Å². The number of hydrogen-bond donors (Lipinski definition) is 0. The van der Waals surface area contributed by atoms with E-state index >= 15 is 0 Å². The topological polar surface area (TPSA) is 64.8 Å². The van der Waals surface area contributed by atoms with Crippen molar-refractivity contribution in [3.05, 3.63) is 41.2 Å². The van der Waals surface area contributed by atoms with Crippen LogP contribution in [0.1, 0.15) is 35.8 Å². The molecule has 2 aromatic rings. The molecule has 1 aliphatic carbocycles. The zero-order chi connectivity index (χ0) is 14.3. The van der Waals surface area contributed by atoms with Gasteiger partial charge in [-0.15, -0.1) is 10.2 Å². The third kappa shape index (κ3) is 2.71. The van der Waals surface area contributed by atoms with E-state index in [1.807, 2.05) is 25.1 Å². The van der Waals surface area contributed by atoms with Crippen molar-refractivity contribution in [2.75, 3.05) is 0 Å². The van der Waals surface area contributed by atoms with Crippen LogP contribution in [-0.4, -0.2) is 23.2 Å². The van der Waals surface area contributed by atoms with Gasteiger partial charge in [-0.2, -0.15) is 0 Å². The average Bonchev–Trinajstić information content (AvgIpc) is 3.09.